The molecule has 0 unspecified atom stereocenters. The van der Waals surface area contributed by atoms with Crippen LogP contribution in [0.3, 0.4) is 0 Å². The Morgan fingerprint density at radius 3 is 2.46 bits per heavy atom. The number of aromatic nitrogens is 1. The maximum atomic E-state index is 14.0. The third-order valence-corrected chi connectivity index (χ3v) is 7.40. The normalized spacial score (nSPS) is 21.0. The molecule has 1 aromatic carbocycles. The molecule has 1 fully saturated rings. The minimum absolute atomic E-state index is 0.117. The van der Waals surface area contributed by atoms with Crippen molar-refractivity contribution in [2.45, 2.75) is 70.5 Å². The third kappa shape index (κ3) is 3.94. The van der Waals surface area contributed by atoms with Gasteiger partial charge in [0.2, 0.25) is 5.91 Å². The van der Waals surface area contributed by atoms with Gasteiger partial charge in [-0.2, -0.15) is 0 Å². The molecule has 1 N–H and O–H groups in total. The van der Waals surface area contributed by atoms with Crippen LogP contribution in [0.4, 0.5) is 5.69 Å². The molecule has 1 saturated carbocycles. The summed E-state index contributed by atoms with van der Waals surface area (Å²) in [5.74, 6) is 1.41. The van der Waals surface area contributed by atoms with E-state index >= 15 is 0 Å². The highest BCUT2D eigenvalue weighted by Gasteiger charge is 2.49. The maximum Gasteiger partial charge on any atom is 0.276 e. The molecule has 8 heteroatoms. The number of amides is 2. The largest absolute Gasteiger partial charge is 0.493 e. The molecular formula is C27H33N3O5. The molecule has 1 aliphatic heterocycles. The van der Waals surface area contributed by atoms with Gasteiger partial charge in [-0.25, -0.2) is 0 Å². The van der Waals surface area contributed by atoms with E-state index in [0.29, 0.717) is 35.0 Å². The van der Waals surface area contributed by atoms with E-state index < -0.39 is 5.54 Å². The van der Waals surface area contributed by atoms with Crippen LogP contribution in [0.2, 0.25) is 0 Å². The predicted octanol–water partition coefficient (Wildman–Crippen LogP) is 4.82. The maximum absolute atomic E-state index is 14.0. The highest BCUT2D eigenvalue weighted by molar-refractivity contribution is 6.13. The average molecular weight is 480 g/mol. The summed E-state index contributed by atoms with van der Waals surface area (Å²) >= 11 is 0. The van der Waals surface area contributed by atoms with Crippen molar-refractivity contribution in [3.8, 4) is 11.5 Å². The van der Waals surface area contributed by atoms with Gasteiger partial charge < -0.3 is 23.8 Å². The molecule has 3 heterocycles. The minimum atomic E-state index is -1.16. The van der Waals surface area contributed by atoms with Gasteiger partial charge in [0, 0.05) is 29.9 Å². The van der Waals surface area contributed by atoms with Crippen LogP contribution in [0.1, 0.15) is 61.7 Å². The van der Waals surface area contributed by atoms with Gasteiger partial charge in [0.25, 0.3) is 5.91 Å². The van der Waals surface area contributed by atoms with Crippen LogP contribution in [-0.4, -0.2) is 42.2 Å². The quantitative estimate of drug-likeness (QED) is 0.531. The summed E-state index contributed by atoms with van der Waals surface area (Å²) in [5.41, 5.74) is 1.38. The first-order valence-electron chi connectivity index (χ1n) is 12.3. The van der Waals surface area contributed by atoms with Gasteiger partial charge in [-0.1, -0.05) is 25.7 Å². The lowest BCUT2D eigenvalue weighted by Crippen LogP contribution is -2.65. The second kappa shape index (κ2) is 8.98. The minimum Gasteiger partial charge on any atom is -0.493 e. The zero-order valence-electron chi connectivity index (χ0n) is 20.8. The van der Waals surface area contributed by atoms with Gasteiger partial charge in [-0.3, -0.25) is 14.5 Å². The van der Waals surface area contributed by atoms with Crippen molar-refractivity contribution < 1.29 is 23.5 Å². The van der Waals surface area contributed by atoms with Crippen LogP contribution in [-0.2, 0) is 11.3 Å². The number of nitrogens with zero attached hydrogens (tertiary/aromatic N) is 2. The molecule has 0 saturated heterocycles. The standard InChI is InChI=1S/C27H33N3O5/c1-17-13-20-23(35-17)15-21-25(31)30(19-11-12-22(33-3)24(14-19)34-4)27(2,16-29(20)21)26(32)28-18-9-7-5-6-8-10-18/h11-15,18H,5-10,16H2,1-4H3,(H,28,32)/t27-/m1/s1. The Hall–Kier alpha value is -3.42. The van der Waals surface area contributed by atoms with Gasteiger partial charge in [0.1, 0.15) is 17.0 Å². The first kappa shape index (κ1) is 23.3. The van der Waals surface area contributed by atoms with E-state index in [9.17, 15) is 9.59 Å². The molecule has 2 aromatic heterocycles. The van der Waals surface area contributed by atoms with Crippen molar-refractivity contribution in [1.82, 2.24) is 9.88 Å². The molecule has 2 amide bonds. The molecule has 8 nitrogen and oxygen atoms in total. The molecule has 0 bridgehead atoms. The van der Waals surface area contributed by atoms with Crippen LogP contribution in [0.15, 0.2) is 34.7 Å². The second-order valence-corrected chi connectivity index (χ2v) is 9.84. The SMILES string of the molecule is COc1ccc(N2C(=O)c3cc4oc(C)cc4n3C[C@]2(C)C(=O)NC2CCCCCC2)cc1OC. The van der Waals surface area contributed by atoms with Crippen LogP contribution >= 0.6 is 0 Å². The van der Waals surface area contributed by atoms with Crippen LogP contribution < -0.4 is 19.7 Å². The van der Waals surface area contributed by atoms with Crippen molar-refractivity contribution in [2.24, 2.45) is 0 Å². The summed E-state index contributed by atoms with van der Waals surface area (Å²) in [6, 6.07) is 9.10. The number of methoxy groups -OCH3 is 2. The number of hydrogen-bond acceptors (Lipinski definition) is 5. The average Bonchev–Trinajstić information content (AvgIpc) is 3.24. The molecule has 2 aliphatic rings. The van der Waals surface area contributed by atoms with Crippen molar-refractivity contribution >= 4 is 28.6 Å². The van der Waals surface area contributed by atoms with Crippen LogP contribution in [0, 0.1) is 6.92 Å². The van der Waals surface area contributed by atoms with Gasteiger partial charge in [0.05, 0.1) is 26.3 Å². The van der Waals surface area contributed by atoms with Crippen molar-refractivity contribution in [3.63, 3.8) is 0 Å². The van der Waals surface area contributed by atoms with Crippen LogP contribution in [0.5, 0.6) is 11.5 Å². The third-order valence-electron chi connectivity index (χ3n) is 7.40. The Kier molecular flexibility index (Phi) is 5.99. The molecule has 5 rings (SSSR count). The smallest absolute Gasteiger partial charge is 0.276 e. The summed E-state index contributed by atoms with van der Waals surface area (Å²) in [6.45, 7) is 4.03. The summed E-state index contributed by atoms with van der Waals surface area (Å²) in [4.78, 5) is 29.6. The lowest BCUT2D eigenvalue weighted by Gasteiger charge is -2.44. The number of carbonyl (C=O) groups is 2. The molecule has 3 aromatic rings. The highest BCUT2D eigenvalue weighted by Crippen LogP contribution is 2.40. The number of nitrogens with one attached hydrogen (secondary N) is 1. The monoisotopic (exact) mass is 479 g/mol. The first-order chi connectivity index (χ1) is 16.9. The number of aryl methyl sites for hydroxylation is 1. The Labute approximate surface area is 205 Å². The van der Waals surface area contributed by atoms with Gasteiger partial charge >= 0.3 is 0 Å². The Balaban J connectivity index is 1.60. The number of hydrogen-bond donors (Lipinski definition) is 1. The summed E-state index contributed by atoms with van der Waals surface area (Å²) in [7, 11) is 3.12. The van der Waals surface area contributed by atoms with Gasteiger partial charge in [-0.15, -0.1) is 0 Å². The van der Waals surface area contributed by atoms with E-state index in [1.807, 2.05) is 24.5 Å². The molecule has 35 heavy (non-hydrogen) atoms. The number of benzene rings is 1. The van der Waals surface area contributed by atoms with E-state index in [0.717, 1.165) is 37.0 Å². The highest BCUT2D eigenvalue weighted by atomic mass is 16.5. The number of ether oxygens (including phenoxy) is 2. The number of anilines is 1. The van der Waals surface area contributed by atoms with Crippen molar-refractivity contribution in [2.75, 3.05) is 19.1 Å². The van der Waals surface area contributed by atoms with Gasteiger partial charge in [-0.05, 0) is 38.8 Å². The molecule has 1 atom stereocenters. The Morgan fingerprint density at radius 1 is 1.06 bits per heavy atom. The predicted molar refractivity (Wildman–Crippen MR) is 133 cm³/mol. The van der Waals surface area contributed by atoms with Crippen LogP contribution in [0.25, 0.3) is 11.1 Å². The van der Waals surface area contributed by atoms with E-state index in [4.69, 9.17) is 13.9 Å². The van der Waals surface area contributed by atoms with E-state index in [2.05, 4.69) is 5.32 Å². The van der Waals surface area contributed by atoms with Crippen molar-refractivity contribution in [3.05, 3.63) is 41.8 Å². The number of rotatable bonds is 5. The fourth-order valence-electron chi connectivity index (χ4n) is 5.53. The number of fused-ring (bicyclic) bond motifs is 3. The molecule has 186 valence electrons. The van der Waals surface area contributed by atoms with Crippen molar-refractivity contribution in [1.29, 1.82) is 0 Å². The Morgan fingerprint density at radius 2 is 1.77 bits per heavy atom. The second-order valence-electron chi connectivity index (χ2n) is 9.84. The lowest BCUT2D eigenvalue weighted by molar-refractivity contribution is -0.127. The molecule has 1 aliphatic carbocycles. The van der Waals surface area contributed by atoms with E-state index in [1.54, 1.807) is 43.4 Å². The summed E-state index contributed by atoms with van der Waals surface area (Å²) in [6.07, 6.45) is 6.54. The molecular weight excluding hydrogens is 446 g/mol. The topological polar surface area (TPSA) is 85.9 Å². The number of carbonyl (C=O) groups excluding carboxylic acids is 2. The lowest BCUT2D eigenvalue weighted by atomic mass is 9.92. The van der Waals surface area contributed by atoms with E-state index in [1.165, 1.54) is 12.8 Å². The summed E-state index contributed by atoms with van der Waals surface area (Å²) < 4.78 is 18.6. The number of furan rings is 1. The molecule has 0 radical (unpaired) electrons. The first-order valence-corrected chi connectivity index (χ1v) is 12.3. The zero-order chi connectivity index (χ0) is 24.7. The summed E-state index contributed by atoms with van der Waals surface area (Å²) in [5, 5.41) is 3.29. The van der Waals surface area contributed by atoms with Gasteiger partial charge in [0.15, 0.2) is 17.1 Å². The fraction of sp³-hybridized carbons (Fsp3) is 0.481. The zero-order valence-corrected chi connectivity index (χ0v) is 20.8. The Bertz CT molecular complexity index is 1270. The molecule has 0 spiro atoms. The fourth-order valence-corrected chi connectivity index (χ4v) is 5.53. The van der Waals surface area contributed by atoms with E-state index in [-0.39, 0.29) is 17.9 Å².